The van der Waals surface area contributed by atoms with E-state index < -0.39 is 12.9 Å². The van der Waals surface area contributed by atoms with Gasteiger partial charge in [-0.05, 0) is 85.0 Å². The molecule has 2 rings (SSSR count). The fraction of sp³-hybridized carbons (Fsp3) is 0.478. The van der Waals surface area contributed by atoms with E-state index >= 15 is 0 Å². The second kappa shape index (κ2) is 8.91. The predicted molar refractivity (Wildman–Crippen MR) is 117 cm³/mol. The van der Waals surface area contributed by atoms with E-state index in [0.717, 1.165) is 27.8 Å². The fourth-order valence-electron chi connectivity index (χ4n) is 3.90. The molecule has 2 aromatic carbocycles. The largest absolute Gasteiger partial charge is 0.508 e. The second-order valence-electron chi connectivity index (χ2n) is 8.00. The normalized spacial score (nSPS) is 12.4. The van der Waals surface area contributed by atoms with E-state index in [9.17, 15) is 19.5 Å². The predicted octanol–water partition coefficient (Wildman–Crippen LogP) is 5.80. The van der Waals surface area contributed by atoms with E-state index in [2.05, 4.69) is 13.8 Å². The summed E-state index contributed by atoms with van der Waals surface area (Å²) in [6.45, 7) is 11.6. The molecule has 0 spiro atoms. The van der Waals surface area contributed by atoms with Crippen molar-refractivity contribution < 1.29 is 24.2 Å². The van der Waals surface area contributed by atoms with Gasteiger partial charge in [-0.1, -0.05) is 39.8 Å². The lowest BCUT2D eigenvalue weighted by atomic mass is 9.90. The standard InChI is InChI=1S/C23H33O5P/c1-7-23(8-2,29(25,26)27)28-20-11-9-18(16(5)13-20)14-19-10-12-21(24)22(15(3)4)17(19)6/h9-13,15,24H,7-8,14H2,1-6H3,(H2,25,26,27). The minimum atomic E-state index is -4.43. The van der Waals surface area contributed by atoms with Crippen molar-refractivity contribution in [3.05, 3.63) is 58.1 Å². The highest BCUT2D eigenvalue weighted by Gasteiger charge is 2.46. The van der Waals surface area contributed by atoms with Crippen LogP contribution in [-0.2, 0) is 11.0 Å². The van der Waals surface area contributed by atoms with Crippen LogP contribution in [0.25, 0.3) is 0 Å². The van der Waals surface area contributed by atoms with Gasteiger partial charge in [0.2, 0.25) is 5.34 Å². The molecule has 0 aliphatic carbocycles. The van der Waals surface area contributed by atoms with Gasteiger partial charge in [-0.25, -0.2) is 0 Å². The molecule has 0 atom stereocenters. The Labute approximate surface area is 173 Å². The van der Waals surface area contributed by atoms with Crippen LogP contribution in [0, 0.1) is 13.8 Å². The zero-order valence-corrected chi connectivity index (χ0v) is 19.1. The third-order valence-electron chi connectivity index (χ3n) is 5.82. The van der Waals surface area contributed by atoms with Crippen molar-refractivity contribution >= 4 is 7.60 Å². The van der Waals surface area contributed by atoms with E-state index in [0.29, 0.717) is 17.9 Å². The molecule has 3 N–H and O–H groups in total. The minimum Gasteiger partial charge on any atom is -0.508 e. The highest BCUT2D eigenvalue weighted by Crippen LogP contribution is 2.55. The van der Waals surface area contributed by atoms with Crippen LogP contribution in [0.3, 0.4) is 0 Å². The van der Waals surface area contributed by atoms with E-state index in [4.69, 9.17) is 4.74 Å². The molecule has 0 aliphatic heterocycles. The maximum atomic E-state index is 12.0. The van der Waals surface area contributed by atoms with Crippen LogP contribution in [0.2, 0.25) is 0 Å². The van der Waals surface area contributed by atoms with Crippen LogP contribution in [0.15, 0.2) is 30.3 Å². The SMILES string of the molecule is CCC(CC)(Oc1ccc(Cc2ccc(O)c(C(C)C)c2C)c(C)c1)P(=O)(O)O. The molecule has 0 fully saturated rings. The Morgan fingerprint density at radius 3 is 2.10 bits per heavy atom. The van der Waals surface area contributed by atoms with Gasteiger partial charge in [-0.15, -0.1) is 0 Å². The molecule has 0 saturated heterocycles. The highest BCUT2D eigenvalue weighted by atomic mass is 31.2. The summed E-state index contributed by atoms with van der Waals surface area (Å²) in [6, 6.07) is 9.26. The monoisotopic (exact) mass is 420 g/mol. The second-order valence-corrected chi connectivity index (χ2v) is 9.90. The van der Waals surface area contributed by atoms with Crippen molar-refractivity contribution in [2.75, 3.05) is 0 Å². The summed E-state index contributed by atoms with van der Waals surface area (Å²) in [5.74, 6) is 1.02. The highest BCUT2D eigenvalue weighted by molar-refractivity contribution is 7.53. The quantitative estimate of drug-likeness (QED) is 0.470. The summed E-state index contributed by atoms with van der Waals surface area (Å²) in [4.78, 5) is 19.6. The Kier molecular flexibility index (Phi) is 7.21. The average molecular weight is 420 g/mol. The van der Waals surface area contributed by atoms with Gasteiger partial charge in [0.25, 0.3) is 0 Å². The van der Waals surface area contributed by atoms with Gasteiger partial charge >= 0.3 is 7.60 Å². The van der Waals surface area contributed by atoms with Crippen LogP contribution < -0.4 is 4.74 Å². The third kappa shape index (κ3) is 4.85. The van der Waals surface area contributed by atoms with E-state index in [-0.39, 0.29) is 18.8 Å². The molecule has 0 saturated carbocycles. The molecule has 6 heteroatoms. The summed E-state index contributed by atoms with van der Waals surface area (Å²) in [5, 5.41) is 8.68. The Morgan fingerprint density at radius 2 is 1.62 bits per heavy atom. The molecule has 0 amide bonds. The molecule has 0 aliphatic rings. The van der Waals surface area contributed by atoms with Crippen LogP contribution in [0.4, 0.5) is 0 Å². The van der Waals surface area contributed by atoms with Crippen molar-refractivity contribution in [3.8, 4) is 11.5 Å². The average Bonchev–Trinajstić information content (AvgIpc) is 2.62. The Balaban J connectivity index is 2.34. The number of phenols is 1. The van der Waals surface area contributed by atoms with Crippen LogP contribution >= 0.6 is 7.60 Å². The lowest BCUT2D eigenvalue weighted by Gasteiger charge is -2.33. The first-order chi connectivity index (χ1) is 13.5. The van der Waals surface area contributed by atoms with Crippen molar-refractivity contribution in [3.63, 3.8) is 0 Å². The van der Waals surface area contributed by atoms with Gasteiger partial charge in [0, 0.05) is 0 Å². The Bertz CT molecular complexity index is 910. The van der Waals surface area contributed by atoms with Crippen molar-refractivity contribution in [2.24, 2.45) is 0 Å². The van der Waals surface area contributed by atoms with Crippen molar-refractivity contribution in [1.82, 2.24) is 0 Å². The molecule has 29 heavy (non-hydrogen) atoms. The van der Waals surface area contributed by atoms with E-state index in [1.165, 1.54) is 0 Å². The molecular formula is C23H33O5P. The molecule has 0 heterocycles. The van der Waals surface area contributed by atoms with Gasteiger partial charge in [0.05, 0.1) is 0 Å². The summed E-state index contributed by atoms with van der Waals surface area (Å²) in [6.07, 6.45) is 1.15. The number of hydrogen-bond donors (Lipinski definition) is 3. The van der Waals surface area contributed by atoms with Crippen molar-refractivity contribution in [1.29, 1.82) is 0 Å². The van der Waals surface area contributed by atoms with Crippen molar-refractivity contribution in [2.45, 2.75) is 72.1 Å². The number of hydrogen-bond acceptors (Lipinski definition) is 3. The van der Waals surface area contributed by atoms with Crippen LogP contribution in [-0.4, -0.2) is 20.2 Å². The zero-order valence-electron chi connectivity index (χ0n) is 18.2. The van der Waals surface area contributed by atoms with E-state index in [1.54, 1.807) is 26.0 Å². The number of aromatic hydroxyl groups is 1. The first kappa shape index (κ1) is 23.5. The van der Waals surface area contributed by atoms with Gasteiger partial charge in [0.15, 0.2) is 0 Å². The molecule has 0 bridgehead atoms. The van der Waals surface area contributed by atoms with Gasteiger partial charge in [-0.3, -0.25) is 4.57 Å². The molecule has 0 unspecified atom stereocenters. The van der Waals surface area contributed by atoms with Gasteiger partial charge in [-0.2, -0.15) is 0 Å². The third-order valence-corrected chi connectivity index (χ3v) is 7.61. The van der Waals surface area contributed by atoms with Gasteiger partial charge < -0.3 is 19.6 Å². The summed E-state index contributed by atoms with van der Waals surface area (Å²) in [5.41, 5.74) is 5.31. The van der Waals surface area contributed by atoms with Gasteiger partial charge in [0.1, 0.15) is 11.5 Å². The lowest BCUT2D eigenvalue weighted by Crippen LogP contribution is -2.34. The lowest BCUT2D eigenvalue weighted by molar-refractivity contribution is 0.108. The fourth-order valence-corrected chi connectivity index (χ4v) is 4.95. The smallest absolute Gasteiger partial charge is 0.368 e. The first-order valence-electron chi connectivity index (χ1n) is 10.1. The Hall–Kier alpha value is -1.81. The maximum absolute atomic E-state index is 12.0. The van der Waals surface area contributed by atoms with Crippen LogP contribution in [0.5, 0.6) is 11.5 Å². The van der Waals surface area contributed by atoms with Crippen LogP contribution in [0.1, 0.15) is 74.3 Å². The number of ether oxygens (including phenoxy) is 1. The topological polar surface area (TPSA) is 87.0 Å². The molecule has 5 nitrogen and oxygen atoms in total. The first-order valence-corrected chi connectivity index (χ1v) is 11.7. The Morgan fingerprint density at radius 1 is 1.03 bits per heavy atom. The molecular weight excluding hydrogens is 387 g/mol. The molecule has 0 aromatic heterocycles. The number of rotatable bonds is 8. The number of aryl methyl sites for hydroxylation is 1. The zero-order chi connectivity index (χ0) is 22.0. The summed E-state index contributed by atoms with van der Waals surface area (Å²) >= 11 is 0. The molecule has 160 valence electrons. The minimum absolute atomic E-state index is 0.221. The summed E-state index contributed by atoms with van der Waals surface area (Å²) < 4.78 is 17.9. The number of phenolic OH excluding ortho intramolecular Hbond substituents is 1. The van der Waals surface area contributed by atoms with E-state index in [1.807, 2.05) is 32.0 Å². The summed E-state index contributed by atoms with van der Waals surface area (Å²) in [7, 11) is -4.43. The molecule has 0 radical (unpaired) electrons. The number of benzene rings is 2. The maximum Gasteiger partial charge on any atom is 0.368 e. The molecule has 2 aromatic rings.